The number of hydrogen-bond donors (Lipinski definition) is 1. The first-order chi connectivity index (χ1) is 16.9. The summed E-state index contributed by atoms with van der Waals surface area (Å²) >= 11 is 0. The Morgan fingerprint density at radius 3 is 2.49 bits per heavy atom. The molecule has 0 bridgehead atoms. The van der Waals surface area contributed by atoms with Gasteiger partial charge in [-0.2, -0.15) is 0 Å². The van der Waals surface area contributed by atoms with E-state index in [1.807, 2.05) is 31.2 Å². The maximum Gasteiger partial charge on any atom is 0.415 e. The zero-order chi connectivity index (χ0) is 24.4. The van der Waals surface area contributed by atoms with Crippen molar-refractivity contribution in [1.29, 1.82) is 0 Å². The molecule has 188 valence electrons. The van der Waals surface area contributed by atoms with Gasteiger partial charge in [0.05, 0.1) is 6.54 Å². The van der Waals surface area contributed by atoms with Crippen LogP contribution in [0.15, 0.2) is 30.5 Å². The molecule has 4 heterocycles. The van der Waals surface area contributed by atoms with E-state index in [0.29, 0.717) is 13.2 Å². The summed E-state index contributed by atoms with van der Waals surface area (Å²) in [6, 6.07) is 8.22. The van der Waals surface area contributed by atoms with E-state index in [-0.39, 0.29) is 18.0 Å². The van der Waals surface area contributed by atoms with Crippen LogP contribution >= 0.6 is 0 Å². The number of anilines is 1. The number of imidazole rings is 1. The number of carbonyl (C=O) groups excluding carboxylic acids is 1. The van der Waals surface area contributed by atoms with Crippen LogP contribution in [0.2, 0.25) is 0 Å². The van der Waals surface area contributed by atoms with E-state index < -0.39 is 10.5 Å². The van der Waals surface area contributed by atoms with E-state index in [4.69, 9.17) is 9.47 Å². The van der Waals surface area contributed by atoms with Crippen LogP contribution in [0, 0.1) is 10.1 Å². The highest BCUT2D eigenvalue weighted by molar-refractivity contribution is 5.57. The first-order valence-electron chi connectivity index (χ1n) is 12.0. The highest BCUT2D eigenvalue weighted by Gasteiger charge is 2.41. The molecule has 1 aromatic carbocycles. The van der Waals surface area contributed by atoms with Gasteiger partial charge in [-0.1, -0.05) is 0 Å². The SMILES string of the molecule is CC1(COc2ccc(N3CCN(C(C=O)N4CCNCC4)CC3)cc2)Cn2cc([N+](=O)[O-])nc2O1. The Balaban J connectivity index is 1.11. The molecule has 2 fully saturated rings. The molecule has 2 saturated heterocycles. The summed E-state index contributed by atoms with van der Waals surface area (Å²) in [6.45, 7) is 9.68. The topological polar surface area (TPSA) is 118 Å². The van der Waals surface area contributed by atoms with Crippen LogP contribution in [-0.2, 0) is 11.3 Å². The van der Waals surface area contributed by atoms with Gasteiger partial charge in [0.15, 0.2) is 11.9 Å². The van der Waals surface area contributed by atoms with Crippen molar-refractivity contribution < 1.29 is 19.2 Å². The lowest BCUT2D eigenvalue weighted by Crippen LogP contribution is -2.60. The van der Waals surface area contributed by atoms with Gasteiger partial charge in [0, 0.05) is 63.0 Å². The number of hydrogen-bond acceptors (Lipinski definition) is 10. The first-order valence-corrected chi connectivity index (χ1v) is 12.0. The third-order valence-corrected chi connectivity index (χ3v) is 6.84. The second-order valence-electron chi connectivity index (χ2n) is 9.46. The van der Waals surface area contributed by atoms with Gasteiger partial charge >= 0.3 is 11.8 Å². The van der Waals surface area contributed by atoms with Crippen molar-refractivity contribution in [1.82, 2.24) is 24.7 Å². The number of fused-ring (bicyclic) bond motifs is 1. The zero-order valence-corrected chi connectivity index (χ0v) is 19.8. The lowest BCUT2D eigenvalue weighted by atomic mass is 10.1. The maximum absolute atomic E-state index is 11.8. The fourth-order valence-electron chi connectivity index (χ4n) is 4.94. The summed E-state index contributed by atoms with van der Waals surface area (Å²) in [5.74, 6) is 0.511. The van der Waals surface area contributed by atoms with Gasteiger partial charge in [0.25, 0.3) is 0 Å². The summed E-state index contributed by atoms with van der Waals surface area (Å²) in [7, 11) is 0. The number of ether oxygens (including phenoxy) is 2. The fourth-order valence-corrected chi connectivity index (χ4v) is 4.94. The van der Waals surface area contributed by atoms with Crippen LogP contribution in [0.5, 0.6) is 11.8 Å². The molecule has 1 aromatic heterocycles. The molecule has 0 aliphatic carbocycles. The van der Waals surface area contributed by atoms with E-state index >= 15 is 0 Å². The minimum absolute atomic E-state index is 0.141. The summed E-state index contributed by atoms with van der Waals surface area (Å²) in [4.78, 5) is 32.9. The van der Waals surface area contributed by atoms with Gasteiger partial charge in [0.1, 0.15) is 24.7 Å². The number of nitro groups is 1. The second kappa shape index (κ2) is 9.80. The average Bonchev–Trinajstić information content (AvgIpc) is 3.40. The Labute approximate surface area is 203 Å². The lowest BCUT2D eigenvalue weighted by molar-refractivity contribution is -0.389. The maximum atomic E-state index is 11.8. The van der Waals surface area contributed by atoms with E-state index in [1.54, 1.807) is 4.57 Å². The number of aldehydes is 1. The van der Waals surface area contributed by atoms with Gasteiger partial charge in [-0.15, -0.1) is 0 Å². The summed E-state index contributed by atoms with van der Waals surface area (Å²) in [5, 5.41) is 14.2. The number of piperazine rings is 2. The molecule has 12 nitrogen and oxygen atoms in total. The van der Waals surface area contributed by atoms with E-state index in [0.717, 1.165) is 70.1 Å². The van der Waals surface area contributed by atoms with Crippen molar-refractivity contribution >= 4 is 17.8 Å². The van der Waals surface area contributed by atoms with Gasteiger partial charge in [0.2, 0.25) is 0 Å². The molecule has 5 rings (SSSR count). The number of rotatable bonds is 8. The Morgan fingerprint density at radius 2 is 1.86 bits per heavy atom. The van der Waals surface area contributed by atoms with E-state index in [2.05, 4.69) is 25.0 Å². The van der Waals surface area contributed by atoms with Gasteiger partial charge < -0.3 is 34.6 Å². The molecule has 1 N–H and O–H groups in total. The molecule has 35 heavy (non-hydrogen) atoms. The Hall–Kier alpha value is -3.22. The van der Waals surface area contributed by atoms with Crippen LogP contribution in [0.3, 0.4) is 0 Å². The van der Waals surface area contributed by atoms with Gasteiger partial charge in [-0.3, -0.25) is 14.4 Å². The smallest absolute Gasteiger partial charge is 0.415 e. The molecule has 2 atom stereocenters. The lowest BCUT2D eigenvalue weighted by Gasteiger charge is -2.43. The molecular formula is C23H31N7O5. The van der Waals surface area contributed by atoms with E-state index in [1.165, 1.54) is 6.20 Å². The highest BCUT2D eigenvalue weighted by atomic mass is 16.6. The highest BCUT2D eigenvalue weighted by Crippen LogP contribution is 2.31. The second-order valence-corrected chi connectivity index (χ2v) is 9.46. The quantitative estimate of drug-likeness (QED) is 0.323. The number of nitrogens with one attached hydrogen (secondary N) is 1. The van der Waals surface area contributed by atoms with Crippen LogP contribution in [-0.4, -0.2) is 101 Å². The molecule has 0 saturated carbocycles. The summed E-state index contributed by atoms with van der Waals surface area (Å²) in [5.41, 5.74) is 0.476. The molecule has 3 aliphatic heterocycles. The van der Waals surface area contributed by atoms with E-state index in [9.17, 15) is 14.9 Å². The molecule has 0 amide bonds. The normalized spacial score (nSPS) is 24.0. The summed E-state index contributed by atoms with van der Waals surface area (Å²) in [6.07, 6.45) is 2.32. The summed E-state index contributed by atoms with van der Waals surface area (Å²) < 4.78 is 13.4. The van der Waals surface area contributed by atoms with Gasteiger partial charge in [-0.05, 0) is 36.1 Å². The minimum Gasteiger partial charge on any atom is -0.489 e. The van der Waals surface area contributed by atoms with Crippen LogP contribution in [0.4, 0.5) is 11.5 Å². The van der Waals surface area contributed by atoms with Crippen molar-refractivity contribution in [2.24, 2.45) is 0 Å². The first kappa shape index (κ1) is 23.5. The largest absolute Gasteiger partial charge is 0.489 e. The molecule has 2 unspecified atom stereocenters. The number of carbonyl (C=O) groups is 1. The van der Waals surface area contributed by atoms with Crippen LogP contribution in [0.1, 0.15) is 6.92 Å². The van der Waals surface area contributed by atoms with Gasteiger partial charge in [-0.25, -0.2) is 0 Å². The van der Waals surface area contributed by atoms with Crippen LogP contribution < -0.4 is 19.7 Å². The monoisotopic (exact) mass is 485 g/mol. The standard InChI is InChI=1S/C23H31N7O5/c1-23(16-29-14-20(30(32)33)25-22(29)35-23)17-34-19-4-2-18(3-5-19)26-10-12-28(13-11-26)21(15-31)27-8-6-24-7-9-27/h2-5,14-15,21,24H,6-13,16-17H2,1H3. The molecular weight excluding hydrogens is 454 g/mol. The Bertz CT molecular complexity index is 1020. The number of nitrogens with zero attached hydrogens (tertiary/aromatic N) is 6. The minimum atomic E-state index is -0.647. The average molecular weight is 486 g/mol. The zero-order valence-electron chi connectivity index (χ0n) is 19.8. The molecule has 2 aromatic rings. The van der Waals surface area contributed by atoms with Crippen molar-refractivity contribution in [3.63, 3.8) is 0 Å². The van der Waals surface area contributed by atoms with Crippen molar-refractivity contribution in [3.05, 3.63) is 40.6 Å². The molecule has 12 heteroatoms. The predicted molar refractivity (Wildman–Crippen MR) is 128 cm³/mol. The predicted octanol–water partition coefficient (Wildman–Crippen LogP) is 0.574. The van der Waals surface area contributed by atoms with Crippen molar-refractivity contribution in [3.8, 4) is 11.8 Å². The molecule has 0 spiro atoms. The Morgan fingerprint density at radius 1 is 1.17 bits per heavy atom. The van der Waals surface area contributed by atoms with Crippen molar-refractivity contribution in [2.45, 2.75) is 25.2 Å². The molecule has 0 radical (unpaired) electrons. The Kier molecular flexibility index (Phi) is 6.58. The van der Waals surface area contributed by atoms with Crippen molar-refractivity contribution in [2.75, 3.05) is 63.9 Å². The fraction of sp³-hybridized carbons (Fsp3) is 0.565. The third-order valence-electron chi connectivity index (χ3n) is 6.84. The molecule has 3 aliphatic rings. The number of benzene rings is 1. The number of aromatic nitrogens is 2. The van der Waals surface area contributed by atoms with Crippen LogP contribution in [0.25, 0.3) is 0 Å². The third kappa shape index (κ3) is 5.09.